The van der Waals surface area contributed by atoms with E-state index in [9.17, 15) is 18.0 Å². The Labute approximate surface area is 194 Å². The molecular formula is C23H28ClN3O4S. The Hall–Kier alpha value is -2.42. The fraction of sp³-hybridized carbons (Fsp3) is 0.391. The number of halogens is 1. The number of carbonyl (C=O) groups is 2. The maximum absolute atomic E-state index is 12.9. The third kappa shape index (κ3) is 6.31. The van der Waals surface area contributed by atoms with Crippen molar-refractivity contribution in [2.24, 2.45) is 0 Å². The van der Waals surface area contributed by atoms with E-state index in [1.165, 1.54) is 10.4 Å². The van der Waals surface area contributed by atoms with Crippen LogP contribution in [0.1, 0.15) is 48.0 Å². The molecule has 2 amide bonds. The topological polar surface area (TPSA) is 95.6 Å². The SMILES string of the molecule is Cc1ccc(S(=O)(=O)N2CCCCC2)cc1NC(=O)CCCNC(=O)c1ccc(Cl)cc1. The van der Waals surface area contributed by atoms with Crippen LogP contribution in [0, 0.1) is 6.92 Å². The van der Waals surface area contributed by atoms with Gasteiger partial charge in [0.1, 0.15) is 0 Å². The average Bonchev–Trinajstić information content (AvgIpc) is 2.79. The van der Waals surface area contributed by atoms with Gasteiger partial charge in [-0.25, -0.2) is 8.42 Å². The van der Waals surface area contributed by atoms with Crippen molar-refractivity contribution in [1.29, 1.82) is 0 Å². The summed E-state index contributed by atoms with van der Waals surface area (Å²) in [7, 11) is -3.57. The Morgan fingerprint density at radius 3 is 2.41 bits per heavy atom. The summed E-state index contributed by atoms with van der Waals surface area (Å²) in [5, 5.41) is 6.13. The second-order valence-corrected chi connectivity index (χ2v) is 10.2. The third-order valence-corrected chi connectivity index (χ3v) is 7.56. The first-order valence-corrected chi connectivity index (χ1v) is 12.5. The maximum atomic E-state index is 12.9. The molecule has 1 aliphatic heterocycles. The standard InChI is InChI=1S/C23H28ClN3O4S/c1-17-7-12-20(32(30,31)27-14-3-2-4-15-27)16-21(17)26-22(28)6-5-13-25-23(29)18-8-10-19(24)11-9-18/h7-12,16H,2-6,13-15H2,1H3,(H,25,29)(H,26,28). The van der Waals surface area contributed by atoms with Crippen LogP contribution in [0.5, 0.6) is 0 Å². The lowest BCUT2D eigenvalue weighted by Crippen LogP contribution is -2.35. The van der Waals surface area contributed by atoms with Crippen molar-refractivity contribution in [3.8, 4) is 0 Å². The minimum atomic E-state index is -3.57. The van der Waals surface area contributed by atoms with E-state index in [0.29, 0.717) is 42.3 Å². The van der Waals surface area contributed by atoms with Crippen LogP contribution in [0.25, 0.3) is 0 Å². The van der Waals surface area contributed by atoms with E-state index in [2.05, 4.69) is 10.6 Å². The Bertz CT molecular complexity index is 1070. The van der Waals surface area contributed by atoms with E-state index >= 15 is 0 Å². The van der Waals surface area contributed by atoms with E-state index in [0.717, 1.165) is 24.8 Å². The normalized spacial score (nSPS) is 14.7. The zero-order chi connectivity index (χ0) is 23.1. The summed E-state index contributed by atoms with van der Waals surface area (Å²) < 4.78 is 27.3. The van der Waals surface area contributed by atoms with Gasteiger partial charge < -0.3 is 10.6 Å². The van der Waals surface area contributed by atoms with Gasteiger partial charge in [-0.15, -0.1) is 0 Å². The zero-order valence-corrected chi connectivity index (χ0v) is 19.6. The molecule has 0 unspecified atom stereocenters. The first kappa shape index (κ1) is 24.2. The highest BCUT2D eigenvalue weighted by Crippen LogP contribution is 2.25. The van der Waals surface area contributed by atoms with Gasteiger partial charge in [0.05, 0.1) is 4.90 Å². The van der Waals surface area contributed by atoms with E-state index in [1.807, 2.05) is 6.92 Å². The average molecular weight is 478 g/mol. The van der Waals surface area contributed by atoms with Crippen LogP contribution in [-0.2, 0) is 14.8 Å². The van der Waals surface area contributed by atoms with Crippen LogP contribution in [0.4, 0.5) is 5.69 Å². The molecule has 7 nitrogen and oxygen atoms in total. The predicted molar refractivity (Wildman–Crippen MR) is 125 cm³/mol. The van der Waals surface area contributed by atoms with Gasteiger partial charge in [0.15, 0.2) is 0 Å². The van der Waals surface area contributed by atoms with Gasteiger partial charge in [0, 0.05) is 42.3 Å². The summed E-state index contributed by atoms with van der Waals surface area (Å²) in [4.78, 5) is 24.7. The number of benzene rings is 2. The summed E-state index contributed by atoms with van der Waals surface area (Å²) in [5.74, 6) is -0.463. The van der Waals surface area contributed by atoms with Crippen LogP contribution < -0.4 is 10.6 Å². The molecule has 0 radical (unpaired) electrons. The summed E-state index contributed by atoms with van der Waals surface area (Å²) in [6, 6.07) is 11.4. The summed E-state index contributed by atoms with van der Waals surface area (Å²) in [5.41, 5.74) is 1.77. The van der Waals surface area contributed by atoms with Gasteiger partial charge in [-0.05, 0) is 68.1 Å². The lowest BCUT2D eigenvalue weighted by molar-refractivity contribution is -0.116. The lowest BCUT2D eigenvalue weighted by atomic mass is 10.2. The van der Waals surface area contributed by atoms with Crippen LogP contribution in [0.3, 0.4) is 0 Å². The fourth-order valence-corrected chi connectivity index (χ4v) is 5.19. The van der Waals surface area contributed by atoms with Crippen molar-refractivity contribution in [1.82, 2.24) is 9.62 Å². The van der Waals surface area contributed by atoms with Crippen LogP contribution >= 0.6 is 11.6 Å². The highest BCUT2D eigenvalue weighted by molar-refractivity contribution is 7.89. The number of carbonyl (C=O) groups excluding carboxylic acids is 2. The second-order valence-electron chi connectivity index (χ2n) is 7.86. The molecule has 3 rings (SSSR count). The largest absolute Gasteiger partial charge is 0.352 e. The highest BCUT2D eigenvalue weighted by atomic mass is 35.5. The number of nitrogens with one attached hydrogen (secondary N) is 2. The van der Waals surface area contributed by atoms with Crippen molar-refractivity contribution in [3.63, 3.8) is 0 Å². The van der Waals surface area contributed by atoms with Gasteiger partial charge in [0.2, 0.25) is 15.9 Å². The molecule has 0 bridgehead atoms. The van der Waals surface area contributed by atoms with Gasteiger partial charge in [-0.1, -0.05) is 24.1 Å². The predicted octanol–water partition coefficient (Wildman–Crippen LogP) is 3.97. The molecule has 172 valence electrons. The molecular weight excluding hydrogens is 450 g/mol. The van der Waals surface area contributed by atoms with Gasteiger partial charge in [-0.2, -0.15) is 4.31 Å². The van der Waals surface area contributed by atoms with Crippen LogP contribution in [0.15, 0.2) is 47.4 Å². The minimum Gasteiger partial charge on any atom is -0.352 e. The Morgan fingerprint density at radius 1 is 1.03 bits per heavy atom. The molecule has 1 fully saturated rings. The zero-order valence-electron chi connectivity index (χ0n) is 18.1. The van der Waals surface area contributed by atoms with Crippen LogP contribution in [-0.4, -0.2) is 44.2 Å². The number of sulfonamides is 1. The minimum absolute atomic E-state index is 0.190. The van der Waals surface area contributed by atoms with Gasteiger partial charge in [-0.3, -0.25) is 9.59 Å². The van der Waals surface area contributed by atoms with E-state index in [-0.39, 0.29) is 23.1 Å². The molecule has 2 aromatic carbocycles. The quantitative estimate of drug-likeness (QED) is 0.562. The van der Waals surface area contributed by atoms with Gasteiger partial charge in [0.25, 0.3) is 5.91 Å². The fourth-order valence-electron chi connectivity index (χ4n) is 3.52. The smallest absolute Gasteiger partial charge is 0.251 e. The van der Waals surface area contributed by atoms with Gasteiger partial charge >= 0.3 is 0 Å². The van der Waals surface area contributed by atoms with Crippen molar-refractivity contribution in [2.75, 3.05) is 25.0 Å². The molecule has 1 aliphatic rings. The number of amides is 2. The Morgan fingerprint density at radius 2 is 1.72 bits per heavy atom. The molecule has 0 spiro atoms. The molecule has 1 heterocycles. The summed E-state index contributed by atoms with van der Waals surface area (Å²) in [6.07, 6.45) is 3.42. The third-order valence-electron chi connectivity index (χ3n) is 5.41. The number of anilines is 1. The number of rotatable bonds is 8. The molecule has 2 aromatic rings. The van der Waals surface area contributed by atoms with E-state index in [1.54, 1.807) is 36.4 Å². The molecule has 32 heavy (non-hydrogen) atoms. The van der Waals surface area contributed by atoms with Crippen molar-refractivity contribution in [3.05, 3.63) is 58.6 Å². The number of hydrogen-bond acceptors (Lipinski definition) is 4. The Kier molecular flexibility index (Phi) is 8.28. The molecule has 0 aromatic heterocycles. The monoisotopic (exact) mass is 477 g/mol. The number of hydrogen-bond donors (Lipinski definition) is 2. The molecule has 2 N–H and O–H groups in total. The van der Waals surface area contributed by atoms with Crippen LogP contribution in [0.2, 0.25) is 5.02 Å². The second kappa shape index (κ2) is 10.9. The summed E-state index contributed by atoms with van der Waals surface area (Å²) in [6.45, 7) is 3.22. The van der Waals surface area contributed by atoms with Crippen molar-refractivity contribution in [2.45, 2.75) is 43.9 Å². The summed E-state index contributed by atoms with van der Waals surface area (Å²) >= 11 is 5.82. The maximum Gasteiger partial charge on any atom is 0.251 e. The Balaban J connectivity index is 1.52. The first-order valence-electron chi connectivity index (χ1n) is 10.7. The molecule has 0 atom stereocenters. The molecule has 0 aliphatic carbocycles. The van der Waals surface area contributed by atoms with E-state index < -0.39 is 10.0 Å². The number of nitrogens with zero attached hydrogens (tertiary/aromatic N) is 1. The highest BCUT2D eigenvalue weighted by Gasteiger charge is 2.26. The van der Waals surface area contributed by atoms with Crippen molar-refractivity contribution < 1.29 is 18.0 Å². The van der Waals surface area contributed by atoms with E-state index in [4.69, 9.17) is 11.6 Å². The number of piperidine rings is 1. The first-order chi connectivity index (χ1) is 15.3. The number of aryl methyl sites for hydroxylation is 1. The lowest BCUT2D eigenvalue weighted by Gasteiger charge is -2.26. The molecule has 1 saturated heterocycles. The van der Waals surface area contributed by atoms with Crippen molar-refractivity contribution >= 4 is 39.1 Å². The molecule has 9 heteroatoms. The molecule has 0 saturated carbocycles.